The van der Waals surface area contributed by atoms with E-state index in [1.807, 2.05) is 33.8 Å². The van der Waals surface area contributed by atoms with Gasteiger partial charge in [-0.05, 0) is 90.5 Å². The summed E-state index contributed by atoms with van der Waals surface area (Å²) in [6, 6.07) is 14.9. The molecule has 0 unspecified atom stereocenters. The van der Waals surface area contributed by atoms with E-state index in [9.17, 15) is 9.18 Å². The molecule has 0 aromatic heterocycles. The van der Waals surface area contributed by atoms with Crippen LogP contribution in [0, 0.1) is 12.7 Å². The van der Waals surface area contributed by atoms with Crippen molar-refractivity contribution in [1.29, 1.82) is 0 Å². The summed E-state index contributed by atoms with van der Waals surface area (Å²) in [6.07, 6.45) is 1.68. The predicted molar refractivity (Wildman–Crippen MR) is 165 cm³/mol. The number of amides is 1. The maximum atomic E-state index is 14.5. The lowest BCUT2D eigenvalue weighted by atomic mass is 9.93. The summed E-state index contributed by atoms with van der Waals surface area (Å²) < 4.78 is 19.8. The molecule has 1 N–H and O–H groups in total. The van der Waals surface area contributed by atoms with Gasteiger partial charge in [-0.1, -0.05) is 24.3 Å². The minimum absolute atomic E-state index is 0.102. The number of hydrogen-bond acceptors (Lipinski definition) is 6. The fraction of sp³-hybridized carbons (Fsp3) is 0.606. The van der Waals surface area contributed by atoms with Crippen LogP contribution in [0.25, 0.3) is 0 Å². The van der Waals surface area contributed by atoms with Gasteiger partial charge in [0.1, 0.15) is 11.4 Å². The Balaban J connectivity index is 1.23. The van der Waals surface area contributed by atoms with Gasteiger partial charge in [-0.25, -0.2) is 9.18 Å². The number of nitrogens with zero attached hydrogens (tertiary/aromatic N) is 4. The van der Waals surface area contributed by atoms with Crippen molar-refractivity contribution in [2.45, 2.75) is 64.6 Å². The molecule has 1 amide bonds. The number of anilines is 1. The predicted octanol–water partition coefficient (Wildman–Crippen LogP) is 5.09. The Hall–Kier alpha value is -2.68. The molecule has 0 aliphatic carbocycles. The topological polar surface area (TPSA) is 51.3 Å². The lowest BCUT2D eigenvalue weighted by Gasteiger charge is -2.36. The fourth-order valence-corrected chi connectivity index (χ4v) is 6.06. The molecular weight excluding hydrogens is 517 g/mol. The minimum Gasteiger partial charge on any atom is -0.444 e. The number of benzene rings is 2. The van der Waals surface area contributed by atoms with E-state index in [4.69, 9.17) is 4.74 Å². The molecule has 0 radical (unpaired) electrons. The van der Waals surface area contributed by atoms with Gasteiger partial charge in [0.25, 0.3) is 0 Å². The highest BCUT2D eigenvalue weighted by molar-refractivity contribution is 5.67. The van der Waals surface area contributed by atoms with E-state index in [1.165, 1.54) is 11.3 Å². The summed E-state index contributed by atoms with van der Waals surface area (Å²) in [5.74, 6) is 0.294. The van der Waals surface area contributed by atoms with E-state index in [1.54, 1.807) is 12.1 Å². The number of aryl methyl sites for hydroxylation is 1. The third-order valence-electron chi connectivity index (χ3n) is 8.39. The summed E-state index contributed by atoms with van der Waals surface area (Å²) in [4.78, 5) is 21.5. The molecule has 8 heteroatoms. The third kappa shape index (κ3) is 8.90. The molecule has 2 fully saturated rings. The smallest absolute Gasteiger partial charge is 0.407 e. The van der Waals surface area contributed by atoms with E-state index in [2.05, 4.69) is 63.3 Å². The molecule has 4 rings (SSSR count). The van der Waals surface area contributed by atoms with Gasteiger partial charge in [0.15, 0.2) is 0 Å². The molecule has 41 heavy (non-hydrogen) atoms. The van der Waals surface area contributed by atoms with Crippen LogP contribution in [0.1, 0.15) is 56.2 Å². The second-order valence-electron chi connectivity index (χ2n) is 12.9. The van der Waals surface area contributed by atoms with Crippen molar-refractivity contribution in [1.82, 2.24) is 20.0 Å². The summed E-state index contributed by atoms with van der Waals surface area (Å²) in [7, 11) is 4.31. The van der Waals surface area contributed by atoms with E-state index in [0.717, 1.165) is 69.8 Å². The van der Waals surface area contributed by atoms with Crippen molar-refractivity contribution < 1.29 is 13.9 Å². The number of carbonyl (C=O) groups excluding carboxylic acids is 1. The molecule has 0 saturated carbocycles. The normalized spacial score (nSPS) is 20.5. The highest BCUT2D eigenvalue weighted by Gasteiger charge is 2.35. The highest BCUT2D eigenvalue weighted by atomic mass is 19.1. The number of rotatable bonds is 10. The van der Waals surface area contributed by atoms with Crippen molar-refractivity contribution in [3.63, 3.8) is 0 Å². The molecule has 0 spiro atoms. The number of hydrogen-bond donors (Lipinski definition) is 1. The largest absolute Gasteiger partial charge is 0.444 e. The lowest BCUT2D eigenvalue weighted by Crippen LogP contribution is -2.46. The van der Waals surface area contributed by atoms with E-state index < -0.39 is 5.60 Å². The second kappa shape index (κ2) is 14.0. The van der Waals surface area contributed by atoms with Gasteiger partial charge in [0.2, 0.25) is 0 Å². The quantitative estimate of drug-likeness (QED) is 0.404. The Morgan fingerprint density at radius 2 is 1.71 bits per heavy atom. The van der Waals surface area contributed by atoms with Crippen molar-refractivity contribution in [2.24, 2.45) is 0 Å². The number of piperazine rings is 1. The monoisotopic (exact) mass is 567 g/mol. The molecule has 226 valence electrons. The van der Waals surface area contributed by atoms with Crippen LogP contribution in [-0.2, 0) is 11.3 Å². The number of halogens is 1. The van der Waals surface area contributed by atoms with Gasteiger partial charge in [-0.15, -0.1) is 0 Å². The van der Waals surface area contributed by atoms with Crippen LogP contribution in [0.15, 0.2) is 42.5 Å². The second-order valence-corrected chi connectivity index (χ2v) is 12.9. The Morgan fingerprint density at radius 3 is 2.34 bits per heavy atom. The number of carbonyl (C=O) groups is 1. The first-order valence-corrected chi connectivity index (χ1v) is 15.2. The van der Waals surface area contributed by atoms with E-state index in [0.29, 0.717) is 25.0 Å². The van der Waals surface area contributed by atoms with Crippen LogP contribution in [0.4, 0.5) is 14.9 Å². The number of unbranched alkanes of at least 4 members (excludes halogenated alkanes) is 1. The molecule has 2 aromatic carbocycles. The van der Waals surface area contributed by atoms with E-state index in [-0.39, 0.29) is 11.9 Å². The molecule has 2 aromatic rings. The maximum Gasteiger partial charge on any atom is 0.407 e. The van der Waals surface area contributed by atoms with Gasteiger partial charge in [-0.2, -0.15) is 0 Å². The van der Waals surface area contributed by atoms with Gasteiger partial charge >= 0.3 is 6.09 Å². The van der Waals surface area contributed by atoms with Crippen LogP contribution in [0.5, 0.6) is 0 Å². The van der Waals surface area contributed by atoms with Crippen LogP contribution >= 0.6 is 0 Å². The maximum absolute atomic E-state index is 14.5. The number of likely N-dealkylation sites (N-methyl/N-ethyl adjacent to an activating group) is 1. The molecule has 7 nitrogen and oxygen atoms in total. The van der Waals surface area contributed by atoms with Crippen LogP contribution in [0.3, 0.4) is 0 Å². The number of likely N-dealkylation sites (tertiary alicyclic amines) is 1. The summed E-state index contributed by atoms with van der Waals surface area (Å²) in [6.45, 7) is 16.0. The number of nitrogens with one attached hydrogen (secondary N) is 1. The van der Waals surface area contributed by atoms with E-state index >= 15 is 0 Å². The van der Waals surface area contributed by atoms with Crippen molar-refractivity contribution in [3.8, 4) is 0 Å². The molecule has 0 bridgehead atoms. The molecule has 2 heterocycles. The first kappa shape index (κ1) is 31.3. The first-order chi connectivity index (χ1) is 19.5. The Labute approximate surface area is 246 Å². The Kier molecular flexibility index (Phi) is 10.7. The van der Waals surface area contributed by atoms with Gasteiger partial charge in [-0.3, -0.25) is 9.80 Å². The Bertz CT molecular complexity index is 1110. The summed E-state index contributed by atoms with van der Waals surface area (Å²) in [5, 5.41) is 2.85. The molecule has 2 saturated heterocycles. The first-order valence-electron chi connectivity index (χ1n) is 15.2. The Morgan fingerprint density at radius 1 is 1.00 bits per heavy atom. The van der Waals surface area contributed by atoms with Gasteiger partial charge in [0.05, 0.1) is 0 Å². The average molecular weight is 568 g/mol. The molecule has 2 atom stereocenters. The van der Waals surface area contributed by atoms with Crippen molar-refractivity contribution in [2.75, 3.05) is 71.4 Å². The average Bonchev–Trinajstić information content (AvgIpc) is 3.35. The zero-order valence-electron chi connectivity index (χ0n) is 26.0. The number of alkyl carbamates (subject to hydrolysis) is 1. The summed E-state index contributed by atoms with van der Waals surface area (Å²) in [5.41, 5.74) is 4.03. The van der Waals surface area contributed by atoms with Gasteiger partial charge < -0.3 is 19.9 Å². The minimum atomic E-state index is -0.458. The zero-order chi connectivity index (χ0) is 29.6. The van der Waals surface area contributed by atoms with Crippen molar-refractivity contribution >= 4 is 11.8 Å². The van der Waals surface area contributed by atoms with Crippen molar-refractivity contribution in [3.05, 3.63) is 65.0 Å². The molecule has 2 aliphatic heterocycles. The standard InChI is InChI=1S/C33H50FN5O2/c1-25-10-9-11-30(34)28(25)22-38-23-29(31(24-38)36(5)6)26-12-14-27(15-13-26)39-20-18-37(19-21-39)17-8-7-16-35-32(40)41-33(2,3)4/h9-15,29,31H,7-8,16-24H2,1-6H3,(H,35,40)/t29-,31+/m1/s1. The highest BCUT2D eigenvalue weighted by Crippen LogP contribution is 2.33. The van der Waals surface area contributed by atoms with Gasteiger partial charge in [0, 0.05) is 75.6 Å². The molecular formula is C33H50FN5O2. The molecule has 2 aliphatic rings. The zero-order valence-corrected chi connectivity index (χ0v) is 26.0. The fourth-order valence-electron chi connectivity index (χ4n) is 6.06. The number of ether oxygens (including phenoxy) is 1. The SMILES string of the molecule is Cc1cccc(F)c1CN1C[C@H](c2ccc(N3CCN(CCCCNC(=O)OC(C)(C)C)CC3)cc2)[C@@H](N(C)C)C1. The van der Waals surface area contributed by atoms with Crippen LogP contribution in [0.2, 0.25) is 0 Å². The van der Waals surface area contributed by atoms with Crippen LogP contribution in [-0.4, -0.2) is 98.9 Å². The summed E-state index contributed by atoms with van der Waals surface area (Å²) >= 11 is 0. The third-order valence-corrected chi connectivity index (χ3v) is 8.39. The lowest BCUT2D eigenvalue weighted by molar-refractivity contribution is 0.0526. The van der Waals surface area contributed by atoms with Crippen LogP contribution < -0.4 is 10.2 Å².